The Morgan fingerprint density at radius 3 is 2.50 bits per heavy atom. The molecule has 1 amide bonds. The SMILES string of the molecule is O=C(CSCC1CCCC1)NCC(F)(F)F. The summed E-state index contributed by atoms with van der Waals surface area (Å²) in [4.78, 5) is 11.0. The van der Waals surface area contributed by atoms with Crippen LogP contribution >= 0.6 is 11.8 Å². The number of halogens is 3. The summed E-state index contributed by atoms with van der Waals surface area (Å²) in [5.41, 5.74) is 0. The highest BCUT2D eigenvalue weighted by Crippen LogP contribution is 2.27. The Balaban J connectivity index is 2.01. The van der Waals surface area contributed by atoms with Crippen molar-refractivity contribution < 1.29 is 18.0 Å². The van der Waals surface area contributed by atoms with Crippen molar-refractivity contribution in [3.63, 3.8) is 0 Å². The Kier molecular flexibility index (Phi) is 5.44. The third-order valence-electron chi connectivity index (χ3n) is 2.55. The van der Waals surface area contributed by atoms with Crippen LogP contribution < -0.4 is 5.32 Å². The van der Waals surface area contributed by atoms with Crippen LogP contribution in [0.25, 0.3) is 0 Å². The minimum absolute atomic E-state index is 0.132. The maximum absolute atomic E-state index is 11.8. The lowest BCUT2D eigenvalue weighted by Gasteiger charge is -2.10. The van der Waals surface area contributed by atoms with Gasteiger partial charge in [-0.15, -0.1) is 0 Å². The summed E-state index contributed by atoms with van der Waals surface area (Å²) in [6.07, 6.45) is 0.553. The van der Waals surface area contributed by atoms with Crippen molar-refractivity contribution >= 4 is 17.7 Å². The second-order valence-corrected chi connectivity index (χ2v) is 5.09. The smallest absolute Gasteiger partial charge is 0.346 e. The van der Waals surface area contributed by atoms with Gasteiger partial charge in [0.25, 0.3) is 0 Å². The third kappa shape index (κ3) is 6.25. The lowest BCUT2D eigenvalue weighted by molar-refractivity contribution is -0.136. The molecule has 0 heterocycles. The Labute approximate surface area is 97.3 Å². The molecule has 1 saturated carbocycles. The molecule has 0 bridgehead atoms. The number of carbonyl (C=O) groups excluding carboxylic acids is 1. The average Bonchev–Trinajstić information content (AvgIpc) is 2.66. The van der Waals surface area contributed by atoms with Gasteiger partial charge in [0.05, 0.1) is 5.75 Å². The van der Waals surface area contributed by atoms with Crippen LogP contribution in [0.5, 0.6) is 0 Å². The summed E-state index contributed by atoms with van der Waals surface area (Å²) in [5, 5.41) is 1.86. The summed E-state index contributed by atoms with van der Waals surface area (Å²) in [6.45, 7) is -1.23. The average molecular weight is 255 g/mol. The zero-order chi connectivity index (χ0) is 12.0. The van der Waals surface area contributed by atoms with E-state index >= 15 is 0 Å². The van der Waals surface area contributed by atoms with E-state index in [0.29, 0.717) is 5.92 Å². The Morgan fingerprint density at radius 2 is 1.94 bits per heavy atom. The molecule has 1 aliphatic rings. The molecular weight excluding hydrogens is 239 g/mol. The minimum Gasteiger partial charge on any atom is -0.346 e. The summed E-state index contributed by atoms with van der Waals surface area (Å²) < 4.78 is 35.3. The largest absolute Gasteiger partial charge is 0.405 e. The van der Waals surface area contributed by atoms with Gasteiger partial charge in [-0.3, -0.25) is 4.79 Å². The normalized spacial score (nSPS) is 17.7. The van der Waals surface area contributed by atoms with Gasteiger partial charge in [0.2, 0.25) is 5.91 Å². The highest BCUT2D eigenvalue weighted by molar-refractivity contribution is 7.99. The molecule has 0 unspecified atom stereocenters. The van der Waals surface area contributed by atoms with Crippen molar-refractivity contribution in [2.75, 3.05) is 18.1 Å². The number of amides is 1. The molecular formula is C10H16F3NOS. The van der Waals surface area contributed by atoms with Crippen molar-refractivity contribution in [2.45, 2.75) is 31.9 Å². The van der Waals surface area contributed by atoms with Gasteiger partial charge in [0, 0.05) is 0 Å². The molecule has 0 spiro atoms. The summed E-state index contributed by atoms with van der Waals surface area (Å²) in [5.74, 6) is 1.15. The van der Waals surface area contributed by atoms with Crippen molar-refractivity contribution in [3.8, 4) is 0 Å². The fourth-order valence-electron chi connectivity index (χ4n) is 1.75. The van der Waals surface area contributed by atoms with Crippen LogP contribution in [0.4, 0.5) is 13.2 Å². The van der Waals surface area contributed by atoms with Crippen molar-refractivity contribution in [1.29, 1.82) is 0 Å². The zero-order valence-electron chi connectivity index (χ0n) is 8.98. The van der Waals surface area contributed by atoms with Gasteiger partial charge in [-0.05, 0) is 24.5 Å². The molecule has 16 heavy (non-hydrogen) atoms. The van der Waals surface area contributed by atoms with Crippen LogP contribution in [0.1, 0.15) is 25.7 Å². The van der Waals surface area contributed by atoms with Crippen LogP contribution in [-0.4, -0.2) is 30.1 Å². The Hall–Kier alpha value is -0.390. The van der Waals surface area contributed by atoms with Gasteiger partial charge in [0.1, 0.15) is 6.54 Å². The second kappa shape index (κ2) is 6.37. The molecule has 2 nitrogen and oxygen atoms in total. The highest BCUT2D eigenvalue weighted by Gasteiger charge is 2.27. The number of rotatable bonds is 5. The first kappa shape index (κ1) is 13.7. The number of alkyl halides is 3. The van der Waals surface area contributed by atoms with Gasteiger partial charge in [-0.1, -0.05) is 12.8 Å². The van der Waals surface area contributed by atoms with Crippen LogP contribution in [-0.2, 0) is 4.79 Å². The first-order chi connectivity index (χ1) is 7.47. The number of hydrogen-bond acceptors (Lipinski definition) is 2. The van der Waals surface area contributed by atoms with E-state index in [1.165, 1.54) is 37.4 Å². The maximum Gasteiger partial charge on any atom is 0.405 e. The minimum atomic E-state index is -4.31. The molecule has 1 aliphatic carbocycles. The first-order valence-electron chi connectivity index (χ1n) is 5.38. The lowest BCUT2D eigenvalue weighted by Crippen LogP contribution is -2.34. The van der Waals surface area contributed by atoms with Crippen molar-refractivity contribution in [1.82, 2.24) is 5.32 Å². The maximum atomic E-state index is 11.8. The molecule has 0 aromatic carbocycles. The van der Waals surface area contributed by atoms with Crippen LogP contribution in [0.15, 0.2) is 0 Å². The van der Waals surface area contributed by atoms with Crippen molar-refractivity contribution in [2.24, 2.45) is 5.92 Å². The van der Waals surface area contributed by atoms with E-state index in [0.717, 1.165) is 5.75 Å². The predicted octanol–water partition coefficient (Wildman–Crippen LogP) is 2.59. The second-order valence-electron chi connectivity index (χ2n) is 4.06. The van der Waals surface area contributed by atoms with Crippen LogP contribution in [0, 0.1) is 5.92 Å². The van der Waals surface area contributed by atoms with E-state index in [1.807, 2.05) is 5.32 Å². The molecule has 0 aromatic rings. The molecule has 0 radical (unpaired) electrons. The zero-order valence-corrected chi connectivity index (χ0v) is 9.79. The fraction of sp³-hybridized carbons (Fsp3) is 0.900. The Morgan fingerprint density at radius 1 is 1.31 bits per heavy atom. The Bertz CT molecular complexity index is 227. The van der Waals surface area contributed by atoms with Gasteiger partial charge in [0.15, 0.2) is 0 Å². The molecule has 0 saturated heterocycles. The molecule has 0 aromatic heterocycles. The van der Waals surface area contributed by atoms with Gasteiger partial charge < -0.3 is 5.32 Å². The molecule has 1 fully saturated rings. The summed E-state index contributed by atoms with van der Waals surface area (Å²) in [7, 11) is 0. The number of nitrogens with one attached hydrogen (secondary N) is 1. The van der Waals surface area contributed by atoms with Crippen molar-refractivity contribution in [3.05, 3.63) is 0 Å². The number of thioether (sulfide) groups is 1. The fourth-order valence-corrected chi connectivity index (χ4v) is 2.82. The number of hydrogen-bond donors (Lipinski definition) is 1. The van der Waals surface area contributed by atoms with Crippen LogP contribution in [0.2, 0.25) is 0 Å². The van der Waals surface area contributed by atoms with E-state index in [9.17, 15) is 18.0 Å². The third-order valence-corrected chi connectivity index (χ3v) is 3.72. The predicted molar refractivity (Wildman–Crippen MR) is 58.3 cm³/mol. The number of carbonyl (C=O) groups is 1. The van der Waals surface area contributed by atoms with E-state index in [-0.39, 0.29) is 5.75 Å². The highest BCUT2D eigenvalue weighted by atomic mass is 32.2. The van der Waals surface area contributed by atoms with E-state index in [1.54, 1.807) is 0 Å². The lowest BCUT2D eigenvalue weighted by atomic mass is 10.1. The monoisotopic (exact) mass is 255 g/mol. The molecule has 1 rings (SSSR count). The quantitative estimate of drug-likeness (QED) is 0.818. The molecule has 0 atom stereocenters. The standard InChI is InChI=1S/C10H16F3NOS/c11-10(12,13)7-14-9(15)6-16-5-8-3-1-2-4-8/h8H,1-7H2,(H,14,15). The summed E-state index contributed by atoms with van der Waals surface area (Å²) in [6, 6.07) is 0. The van der Waals surface area contributed by atoms with Gasteiger partial charge in [-0.2, -0.15) is 24.9 Å². The van der Waals surface area contributed by atoms with E-state index in [4.69, 9.17) is 0 Å². The topological polar surface area (TPSA) is 29.1 Å². The van der Waals surface area contributed by atoms with E-state index < -0.39 is 18.6 Å². The molecule has 1 N–H and O–H groups in total. The summed E-state index contributed by atoms with van der Waals surface area (Å²) >= 11 is 1.43. The van der Waals surface area contributed by atoms with Crippen LogP contribution in [0.3, 0.4) is 0 Å². The van der Waals surface area contributed by atoms with Gasteiger partial charge in [-0.25, -0.2) is 0 Å². The molecule has 94 valence electrons. The molecule has 0 aliphatic heterocycles. The van der Waals surface area contributed by atoms with Gasteiger partial charge >= 0.3 is 6.18 Å². The van der Waals surface area contributed by atoms with E-state index in [2.05, 4.69) is 0 Å². The molecule has 6 heteroatoms. The first-order valence-corrected chi connectivity index (χ1v) is 6.54.